The molecule has 0 radical (unpaired) electrons. The predicted molar refractivity (Wildman–Crippen MR) is 63.8 cm³/mol. The van der Waals surface area contributed by atoms with Gasteiger partial charge in [-0.05, 0) is 17.9 Å². The Hall–Kier alpha value is -1.13. The molecule has 4 heteroatoms. The number of aromatic nitrogens is 2. The summed E-state index contributed by atoms with van der Waals surface area (Å²) in [6, 6.07) is 4.33. The lowest BCUT2D eigenvalue weighted by Gasteiger charge is -2.11. The van der Waals surface area contributed by atoms with Crippen LogP contribution in [0.15, 0.2) is 29.9 Å². The highest BCUT2D eigenvalue weighted by atomic mass is 32.1. The maximum absolute atomic E-state index is 5.94. The predicted octanol–water partition coefficient (Wildman–Crippen LogP) is 2.35. The first kappa shape index (κ1) is 10.4. The van der Waals surface area contributed by atoms with Gasteiger partial charge >= 0.3 is 0 Å². The van der Waals surface area contributed by atoms with E-state index >= 15 is 0 Å². The summed E-state index contributed by atoms with van der Waals surface area (Å²) in [7, 11) is 0. The average molecular weight is 221 g/mol. The van der Waals surface area contributed by atoms with Crippen molar-refractivity contribution in [2.75, 3.05) is 0 Å². The van der Waals surface area contributed by atoms with Crippen molar-refractivity contribution in [3.05, 3.63) is 29.9 Å². The number of rotatable bonds is 4. The molecular weight excluding hydrogens is 206 g/mol. The number of nitrogens with two attached hydrogens (primary N) is 1. The van der Waals surface area contributed by atoms with Crippen LogP contribution in [-0.4, -0.2) is 15.6 Å². The molecule has 0 aromatic carbocycles. The Morgan fingerprint density at radius 3 is 3.13 bits per heavy atom. The molecule has 0 fully saturated rings. The van der Waals surface area contributed by atoms with E-state index < -0.39 is 0 Å². The van der Waals surface area contributed by atoms with E-state index in [1.165, 1.54) is 4.88 Å². The van der Waals surface area contributed by atoms with Gasteiger partial charge in [-0.15, -0.1) is 11.3 Å². The van der Waals surface area contributed by atoms with Crippen LogP contribution in [0.5, 0.6) is 0 Å². The van der Waals surface area contributed by atoms with Gasteiger partial charge in [0.2, 0.25) is 0 Å². The molecule has 2 heterocycles. The van der Waals surface area contributed by atoms with E-state index in [1.54, 1.807) is 11.3 Å². The van der Waals surface area contributed by atoms with Crippen molar-refractivity contribution in [1.29, 1.82) is 0 Å². The van der Waals surface area contributed by atoms with Crippen LogP contribution in [-0.2, 0) is 6.54 Å². The largest absolute Gasteiger partial charge is 0.329 e. The zero-order valence-electron chi connectivity index (χ0n) is 8.76. The fourth-order valence-electron chi connectivity index (χ4n) is 1.47. The third-order valence-corrected chi connectivity index (χ3v) is 3.28. The van der Waals surface area contributed by atoms with Crippen LogP contribution in [0.25, 0.3) is 10.7 Å². The summed E-state index contributed by atoms with van der Waals surface area (Å²) < 4.78 is 2.12. The van der Waals surface area contributed by atoms with Gasteiger partial charge in [0.15, 0.2) is 0 Å². The topological polar surface area (TPSA) is 43.8 Å². The number of imidazole rings is 1. The van der Waals surface area contributed by atoms with Gasteiger partial charge in [-0.1, -0.05) is 13.0 Å². The van der Waals surface area contributed by atoms with Gasteiger partial charge in [0.25, 0.3) is 0 Å². The SMILES string of the molecule is CCC(N)Cn1ccnc1-c1cccs1. The van der Waals surface area contributed by atoms with E-state index in [0.717, 1.165) is 18.8 Å². The summed E-state index contributed by atoms with van der Waals surface area (Å²) in [6.07, 6.45) is 4.81. The van der Waals surface area contributed by atoms with Crippen molar-refractivity contribution in [2.45, 2.75) is 25.9 Å². The van der Waals surface area contributed by atoms with Gasteiger partial charge in [0.05, 0.1) is 4.88 Å². The highest BCUT2D eigenvalue weighted by Crippen LogP contribution is 2.22. The molecule has 0 spiro atoms. The van der Waals surface area contributed by atoms with E-state index in [0.29, 0.717) is 0 Å². The van der Waals surface area contributed by atoms with Gasteiger partial charge in [-0.25, -0.2) is 4.98 Å². The smallest absolute Gasteiger partial charge is 0.150 e. The van der Waals surface area contributed by atoms with Crippen LogP contribution in [0, 0.1) is 0 Å². The zero-order chi connectivity index (χ0) is 10.7. The van der Waals surface area contributed by atoms with Crippen molar-refractivity contribution in [3.63, 3.8) is 0 Å². The standard InChI is InChI=1S/C11H15N3S/c1-2-9(12)8-14-6-5-13-11(14)10-4-3-7-15-10/h3-7,9H,2,8,12H2,1H3. The molecule has 0 aliphatic heterocycles. The number of hydrogen-bond acceptors (Lipinski definition) is 3. The molecule has 1 atom stereocenters. The summed E-state index contributed by atoms with van der Waals surface area (Å²) in [4.78, 5) is 5.56. The molecule has 2 rings (SSSR count). The van der Waals surface area contributed by atoms with E-state index in [4.69, 9.17) is 5.73 Å². The second-order valence-electron chi connectivity index (χ2n) is 3.55. The molecule has 2 aromatic rings. The zero-order valence-corrected chi connectivity index (χ0v) is 9.57. The Kier molecular flexibility index (Phi) is 3.18. The lowest BCUT2D eigenvalue weighted by molar-refractivity contribution is 0.542. The summed E-state index contributed by atoms with van der Waals surface area (Å²) in [5.74, 6) is 1.02. The third-order valence-electron chi connectivity index (χ3n) is 2.41. The van der Waals surface area contributed by atoms with Crippen LogP contribution in [0.3, 0.4) is 0 Å². The molecule has 0 aliphatic carbocycles. The van der Waals surface area contributed by atoms with Crippen molar-refractivity contribution in [2.24, 2.45) is 5.73 Å². The molecule has 0 saturated carbocycles. The fourth-order valence-corrected chi connectivity index (χ4v) is 2.21. The van der Waals surface area contributed by atoms with Crippen LogP contribution in [0.2, 0.25) is 0 Å². The molecule has 80 valence electrons. The summed E-state index contributed by atoms with van der Waals surface area (Å²) in [6.45, 7) is 2.94. The molecule has 15 heavy (non-hydrogen) atoms. The summed E-state index contributed by atoms with van der Waals surface area (Å²) >= 11 is 1.71. The van der Waals surface area contributed by atoms with Crippen LogP contribution >= 0.6 is 11.3 Å². The van der Waals surface area contributed by atoms with Gasteiger partial charge in [0, 0.05) is 25.0 Å². The van der Waals surface area contributed by atoms with E-state index in [2.05, 4.69) is 27.9 Å². The minimum atomic E-state index is 0.206. The van der Waals surface area contributed by atoms with Gasteiger partial charge in [0.1, 0.15) is 5.82 Å². The molecule has 1 unspecified atom stereocenters. The van der Waals surface area contributed by atoms with Crippen LogP contribution in [0.4, 0.5) is 0 Å². The molecule has 3 nitrogen and oxygen atoms in total. The Bertz CT molecular complexity index is 405. The minimum Gasteiger partial charge on any atom is -0.329 e. The van der Waals surface area contributed by atoms with Crippen molar-refractivity contribution in [1.82, 2.24) is 9.55 Å². The van der Waals surface area contributed by atoms with E-state index in [9.17, 15) is 0 Å². The Balaban J connectivity index is 2.23. The highest BCUT2D eigenvalue weighted by Gasteiger charge is 2.08. The van der Waals surface area contributed by atoms with Gasteiger partial charge in [-0.2, -0.15) is 0 Å². The molecular formula is C11H15N3S. The Morgan fingerprint density at radius 1 is 1.60 bits per heavy atom. The highest BCUT2D eigenvalue weighted by molar-refractivity contribution is 7.13. The quantitative estimate of drug-likeness (QED) is 0.861. The number of thiophene rings is 1. The Labute approximate surface area is 93.6 Å². The van der Waals surface area contributed by atoms with Crippen molar-refractivity contribution >= 4 is 11.3 Å². The number of hydrogen-bond donors (Lipinski definition) is 1. The average Bonchev–Trinajstić information content (AvgIpc) is 2.86. The third kappa shape index (κ3) is 2.27. The fraction of sp³-hybridized carbons (Fsp3) is 0.364. The second-order valence-corrected chi connectivity index (χ2v) is 4.50. The van der Waals surface area contributed by atoms with Gasteiger partial charge in [-0.3, -0.25) is 0 Å². The lowest BCUT2D eigenvalue weighted by Crippen LogP contribution is -2.25. The first-order valence-corrected chi connectivity index (χ1v) is 5.99. The maximum Gasteiger partial charge on any atom is 0.150 e. The van der Waals surface area contributed by atoms with Crippen molar-refractivity contribution < 1.29 is 0 Å². The molecule has 0 amide bonds. The van der Waals surface area contributed by atoms with Crippen LogP contribution in [0.1, 0.15) is 13.3 Å². The molecule has 2 aromatic heterocycles. The van der Waals surface area contributed by atoms with Gasteiger partial charge < -0.3 is 10.3 Å². The van der Waals surface area contributed by atoms with Crippen molar-refractivity contribution in [3.8, 4) is 10.7 Å². The van der Waals surface area contributed by atoms with E-state index in [1.807, 2.05) is 18.5 Å². The minimum absolute atomic E-state index is 0.206. The van der Waals surface area contributed by atoms with Crippen LogP contribution < -0.4 is 5.73 Å². The monoisotopic (exact) mass is 221 g/mol. The molecule has 0 saturated heterocycles. The van der Waals surface area contributed by atoms with E-state index in [-0.39, 0.29) is 6.04 Å². The lowest BCUT2D eigenvalue weighted by atomic mass is 10.2. The molecule has 0 bridgehead atoms. The first-order chi connectivity index (χ1) is 7.31. The number of nitrogens with zero attached hydrogens (tertiary/aromatic N) is 2. The Morgan fingerprint density at radius 2 is 2.47 bits per heavy atom. The first-order valence-electron chi connectivity index (χ1n) is 5.12. The summed E-state index contributed by atoms with van der Waals surface area (Å²) in [5.41, 5.74) is 5.94. The maximum atomic E-state index is 5.94. The molecule has 0 aliphatic rings. The second kappa shape index (κ2) is 4.59. The summed E-state index contributed by atoms with van der Waals surface area (Å²) in [5, 5.41) is 2.06. The molecule has 2 N–H and O–H groups in total. The normalized spacial score (nSPS) is 12.9.